The molecule has 1 N–H and O–H groups in total. The third-order valence-electron chi connectivity index (χ3n) is 4.85. The van der Waals surface area contributed by atoms with Gasteiger partial charge >= 0.3 is 7.12 Å². The van der Waals surface area contributed by atoms with E-state index in [0.29, 0.717) is 5.31 Å². The Morgan fingerprint density at radius 1 is 1.13 bits per heavy atom. The second-order valence-corrected chi connectivity index (χ2v) is 6.35. The van der Waals surface area contributed by atoms with Crippen LogP contribution in [-0.4, -0.2) is 31.4 Å². The van der Waals surface area contributed by atoms with Gasteiger partial charge in [-0.3, -0.25) is 0 Å². The summed E-state index contributed by atoms with van der Waals surface area (Å²) in [5.74, 6) is 0.784. The lowest BCUT2D eigenvalue weighted by molar-refractivity contribution is 0.00578. The largest absolute Gasteiger partial charge is 0.466 e. The van der Waals surface area contributed by atoms with Gasteiger partial charge in [-0.25, -0.2) is 0 Å². The summed E-state index contributed by atoms with van der Waals surface area (Å²) in [6.07, 6.45) is 1.27. The van der Waals surface area contributed by atoms with Crippen molar-refractivity contribution in [3.63, 3.8) is 0 Å². The Morgan fingerprint density at radius 2 is 1.73 bits per heavy atom. The van der Waals surface area contributed by atoms with Gasteiger partial charge in [0.05, 0.1) is 11.2 Å². The summed E-state index contributed by atoms with van der Waals surface area (Å²) in [5, 5.41) is 3.73. The molecule has 2 heterocycles. The van der Waals surface area contributed by atoms with E-state index < -0.39 is 0 Å². The maximum Gasteiger partial charge on any atom is 0.466 e. The Labute approximate surface area is 92.0 Å². The van der Waals surface area contributed by atoms with Gasteiger partial charge in [-0.15, -0.1) is 0 Å². The van der Waals surface area contributed by atoms with Crippen LogP contribution >= 0.6 is 0 Å². The SMILES string of the molecule is CC1(C)OB([C@@]23CNC[C@@H]2C3)OC1(C)C. The monoisotopic (exact) mass is 209 g/mol. The molecule has 3 fully saturated rings. The van der Waals surface area contributed by atoms with Crippen LogP contribution in [0.5, 0.6) is 0 Å². The molecule has 84 valence electrons. The third-order valence-corrected chi connectivity index (χ3v) is 4.85. The first-order valence-corrected chi connectivity index (χ1v) is 5.94. The van der Waals surface area contributed by atoms with E-state index in [1.165, 1.54) is 6.42 Å². The molecule has 3 aliphatic rings. The fraction of sp³-hybridized carbons (Fsp3) is 1.00. The highest BCUT2D eigenvalue weighted by atomic mass is 16.7. The molecule has 2 atom stereocenters. The van der Waals surface area contributed by atoms with Crippen LogP contribution in [0.25, 0.3) is 0 Å². The number of piperidine rings is 1. The van der Waals surface area contributed by atoms with E-state index in [1.54, 1.807) is 0 Å². The molecule has 0 bridgehead atoms. The Balaban J connectivity index is 1.82. The van der Waals surface area contributed by atoms with Gasteiger partial charge in [-0.05, 0) is 53.1 Å². The first-order valence-electron chi connectivity index (χ1n) is 5.94. The number of fused-ring (bicyclic) bond motifs is 1. The summed E-state index contributed by atoms with van der Waals surface area (Å²) in [6, 6.07) is 0. The molecule has 4 heteroatoms. The van der Waals surface area contributed by atoms with Crippen molar-refractivity contribution in [2.24, 2.45) is 5.92 Å². The van der Waals surface area contributed by atoms with Gasteiger partial charge < -0.3 is 14.6 Å². The first kappa shape index (κ1) is 10.1. The highest BCUT2D eigenvalue weighted by Crippen LogP contribution is 2.66. The Hall–Kier alpha value is -0.0551. The second kappa shape index (κ2) is 2.61. The van der Waals surface area contributed by atoms with Crippen LogP contribution in [-0.2, 0) is 9.31 Å². The van der Waals surface area contributed by atoms with E-state index in [1.807, 2.05) is 0 Å². The molecule has 3 nitrogen and oxygen atoms in total. The minimum absolute atomic E-state index is 0.00231. The minimum Gasteiger partial charge on any atom is -0.403 e. The van der Waals surface area contributed by atoms with E-state index in [4.69, 9.17) is 9.31 Å². The van der Waals surface area contributed by atoms with Gasteiger partial charge in [0.15, 0.2) is 0 Å². The van der Waals surface area contributed by atoms with Crippen molar-refractivity contribution in [3.05, 3.63) is 0 Å². The lowest BCUT2D eigenvalue weighted by Crippen LogP contribution is -2.41. The van der Waals surface area contributed by atoms with E-state index in [-0.39, 0.29) is 18.3 Å². The highest BCUT2D eigenvalue weighted by Gasteiger charge is 2.70. The van der Waals surface area contributed by atoms with E-state index >= 15 is 0 Å². The predicted molar refractivity (Wildman–Crippen MR) is 59.8 cm³/mol. The molecule has 0 aromatic heterocycles. The molecule has 0 aromatic rings. The number of hydrogen-bond donors (Lipinski definition) is 1. The van der Waals surface area contributed by atoms with E-state index in [0.717, 1.165) is 19.0 Å². The van der Waals surface area contributed by atoms with Crippen LogP contribution in [0.2, 0.25) is 5.31 Å². The van der Waals surface area contributed by atoms with E-state index in [9.17, 15) is 0 Å². The van der Waals surface area contributed by atoms with Crippen molar-refractivity contribution >= 4 is 7.12 Å². The fourth-order valence-electron chi connectivity index (χ4n) is 2.82. The van der Waals surface area contributed by atoms with Gasteiger partial charge in [0, 0.05) is 5.31 Å². The van der Waals surface area contributed by atoms with Crippen molar-refractivity contribution in [3.8, 4) is 0 Å². The van der Waals surface area contributed by atoms with Crippen LogP contribution in [0.4, 0.5) is 0 Å². The summed E-state index contributed by atoms with van der Waals surface area (Å²) in [6.45, 7) is 10.7. The predicted octanol–water partition coefficient (Wildman–Crippen LogP) is 1.44. The Bertz CT molecular complexity index is 289. The topological polar surface area (TPSA) is 30.5 Å². The average molecular weight is 209 g/mol. The van der Waals surface area contributed by atoms with Crippen LogP contribution in [0.3, 0.4) is 0 Å². The van der Waals surface area contributed by atoms with Gasteiger partial charge in [0.2, 0.25) is 0 Å². The summed E-state index contributed by atoms with van der Waals surface area (Å²) in [4.78, 5) is 0. The molecule has 1 saturated carbocycles. The van der Waals surface area contributed by atoms with Crippen molar-refractivity contribution in [2.45, 2.75) is 50.6 Å². The second-order valence-electron chi connectivity index (χ2n) is 6.35. The molecular weight excluding hydrogens is 189 g/mol. The van der Waals surface area contributed by atoms with Crippen molar-refractivity contribution < 1.29 is 9.31 Å². The minimum atomic E-state index is -0.178. The van der Waals surface area contributed by atoms with Gasteiger partial charge in [-0.1, -0.05) is 0 Å². The smallest absolute Gasteiger partial charge is 0.403 e. The van der Waals surface area contributed by atoms with E-state index in [2.05, 4.69) is 33.0 Å². The summed E-state index contributed by atoms with van der Waals surface area (Å²) in [7, 11) is 0.00231. The molecule has 0 amide bonds. The first-order chi connectivity index (χ1) is 6.87. The van der Waals surface area contributed by atoms with Gasteiger partial charge in [0.1, 0.15) is 0 Å². The van der Waals surface area contributed by atoms with Crippen LogP contribution < -0.4 is 5.32 Å². The standard InChI is InChI=1S/C11H20BNO2/c1-9(2)10(3,4)15-12(14-9)11-5-8(11)6-13-7-11/h8,13H,5-7H2,1-4H3/t8-,11-/m0/s1. The molecule has 1 aliphatic carbocycles. The molecule has 15 heavy (non-hydrogen) atoms. The zero-order valence-corrected chi connectivity index (χ0v) is 10.1. The average Bonchev–Trinajstić information content (AvgIpc) is 2.58. The van der Waals surface area contributed by atoms with Gasteiger partial charge in [0.25, 0.3) is 0 Å². The Kier molecular flexibility index (Phi) is 1.76. The van der Waals surface area contributed by atoms with Crippen LogP contribution in [0, 0.1) is 5.92 Å². The zero-order chi connectivity index (χ0) is 10.9. The lowest BCUT2D eigenvalue weighted by Gasteiger charge is -2.32. The quantitative estimate of drug-likeness (QED) is 0.663. The molecule has 2 aliphatic heterocycles. The molecule has 2 saturated heterocycles. The number of hydrogen-bond acceptors (Lipinski definition) is 3. The zero-order valence-electron chi connectivity index (χ0n) is 10.1. The molecule has 0 unspecified atom stereocenters. The maximum atomic E-state index is 6.13. The molecule has 0 spiro atoms. The normalized spacial score (nSPS) is 45.6. The number of nitrogens with one attached hydrogen (secondary N) is 1. The molecule has 3 rings (SSSR count). The van der Waals surface area contributed by atoms with Crippen molar-refractivity contribution in [1.82, 2.24) is 5.32 Å². The third kappa shape index (κ3) is 1.19. The van der Waals surface area contributed by atoms with Crippen LogP contribution in [0.15, 0.2) is 0 Å². The van der Waals surface area contributed by atoms with Crippen LogP contribution in [0.1, 0.15) is 34.1 Å². The lowest BCUT2D eigenvalue weighted by atomic mass is 9.67. The molecule has 0 aromatic carbocycles. The maximum absolute atomic E-state index is 6.13. The van der Waals surface area contributed by atoms with Crippen molar-refractivity contribution in [2.75, 3.05) is 13.1 Å². The summed E-state index contributed by atoms with van der Waals surface area (Å²) in [5.41, 5.74) is -0.357. The van der Waals surface area contributed by atoms with Gasteiger partial charge in [-0.2, -0.15) is 0 Å². The van der Waals surface area contributed by atoms with Crippen molar-refractivity contribution in [1.29, 1.82) is 0 Å². The summed E-state index contributed by atoms with van der Waals surface area (Å²) < 4.78 is 12.3. The molecular formula is C11H20BNO2. The highest BCUT2D eigenvalue weighted by molar-refractivity contribution is 6.51. The Morgan fingerprint density at radius 3 is 2.13 bits per heavy atom. The fourth-order valence-corrected chi connectivity index (χ4v) is 2.82. The molecule has 0 radical (unpaired) electrons. The summed E-state index contributed by atoms with van der Waals surface area (Å²) >= 11 is 0. The number of rotatable bonds is 1.